The summed E-state index contributed by atoms with van der Waals surface area (Å²) in [5.41, 5.74) is 1.80. The minimum atomic E-state index is -0.420. The highest BCUT2D eigenvalue weighted by atomic mass is 16.5. The van der Waals surface area contributed by atoms with Crippen molar-refractivity contribution < 1.29 is 9.53 Å². The van der Waals surface area contributed by atoms with E-state index in [1.54, 1.807) is 6.92 Å². The second kappa shape index (κ2) is 7.67. The smallest absolute Gasteiger partial charge is 0.411 e. The van der Waals surface area contributed by atoms with Crippen LogP contribution in [-0.2, 0) is 4.74 Å². The molecule has 0 radical (unpaired) electrons. The Morgan fingerprint density at radius 2 is 1.74 bits per heavy atom. The highest BCUT2D eigenvalue weighted by molar-refractivity contribution is 5.84. The summed E-state index contributed by atoms with van der Waals surface area (Å²) in [4.78, 5) is 11.3. The highest BCUT2D eigenvalue weighted by Crippen LogP contribution is 2.18. The van der Waals surface area contributed by atoms with E-state index in [2.05, 4.69) is 31.4 Å². The van der Waals surface area contributed by atoms with Gasteiger partial charge in [0.25, 0.3) is 0 Å². The quantitative estimate of drug-likeness (QED) is 0.813. The summed E-state index contributed by atoms with van der Waals surface area (Å²) in [6.07, 6.45) is 0.664. The van der Waals surface area contributed by atoms with E-state index in [4.69, 9.17) is 4.74 Å². The van der Waals surface area contributed by atoms with Crippen molar-refractivity contribution in [2.24, 2.45) is 5.92 Å². The molecule has 1 rings (SSSR count). The molecule has 0 spiro atoms. The normalized spacial score (nSPS) is 12.1. The van der Waals surface area contributed by atoms with E-state index in [1.165, 1.54) is 0 Å². The summed E-state index contributed by atoms with van der Waals surface area (Å²) in [5, 5.41) is 6.16. The number of anilines is 2. The van der Waals surface area contributed by atoms with E-state index in [1.807, 2.05) is 24.3 Å². The summed E-state index contributed by atoms with van der Waals surface area (Å²) < 4.78 is 4.82. The lowest BCUT2D eigenvalue weighted by Crippen LogP contribution is -2.24. The SMILES string of the molecule is CCOC(=O)Nc1ccc(NC(CC)C(C)C)cc1. The summed E-state index contributed by atoms with van der Waals surface area (Å²) >= 11 is 0. The first kappa shape index (κ1) is 15.3. The molecule has 0 saturated heterocycles. The van der Waals surface area contributed by atoms with Crippen LogP contribution in [-0.4, -0.2) is 18.7 Å². The fourth-order valence-electron chi connectivity index (χ4n) is 1.89. The van der Waals surface area contributed by atoms with E-state index < -0.39 is 6.09 Å². The molecule has 0 heterocycles. The van der Waals surface area contributed by atoms with Crippen molar-refractivity contribution in [2.45, 2.75) is 40.2 Å². The zero-order valence-corrected chi connectivity index (χ0v) is 12.2. The molecule has 106 valence electrons. The molecule has 0 aromatic heterocycles. The standard InChI is InChI=1S/C15H24N2O2/c1-5-14(11(3)4)16-12-7-9-13(10-8-12)17-15(18)19-6-2/h7-11,14,16H,5-6H2,1-4H3,(H,17,18). The van der Waals surface area contributed by atoms with Gasteiger partial charge in [-0.2, -0.15) is 0 Å². The topological polar surface area (TPSA) is 50.4 Å². The van der Waals surface area contributed by atoms with Gasteiger partial charge in [-0.05, 0) is 43.5 Å². The molecule has 1 unspecified atom stereocenters. The van der Waals surface area contributed by atoms with Gasteiger partial charge in [-0.3, -0.25) is 5.32 Å². The first-order chi connectivity index (χ1) is 9.06. The molecule has 0 aliphatic heterocycles. The van der Waals surface area contributed by atoms with E-state index in [0.717, 1.165) is 17.8 Å². The van der Waals surface area contributed by atoms with Gasteiger partial charge in [0.15, 0.2) is 0 Å². The number of ether oxygens (including phenoxy) is 1. The highest BCUT2D eigenvalue weighted by Gasteiger charge is 2.10. The van der Waals surface area contributed by atoms with Crippen LogP contribution in [0, 0.1) is 5.92 Å². The van der Waals surface area contributed by atoms with Crippen LogP contribution in [0.15, 0.2) is 24.3 Å². The summed E-state index contributed by atoms with van der Waals surface area (Å²) in [5.74, 6) is 0.585. The summed E-state index contributed by atoms with van der Waals surface area (Å²) in [7, 11) is 0. The molecule has 1 aromatic carbocycles. The van der Waals surface area contributed by atoms with Crippen LogP contribution >= 0.6 is 0 Å². The number of benzene rings is 1. The van der Waals surface area contributed by atoms with E-state index in [9.17, 15) is 4.79 Å². The molecular weight excluding hydrogens is 240 g/mol. The lowest BCUT2D eigenvalue weighted by Gasteiger charge is -2.22. The molecule has 1 aromatic rings. The average Bonchev–Trinajstić information content (AvgIpc) is 2.37. The molecule has 0 fully saturated rings. The fourth-order valence-corrected chi connectivity index (χ4v) is 1.89. The van der Waals surface area contributed by atoms with Gasteiger partial charge in [0, 0.05) is 17.4 Å². The molecule has 2 N–H and O–H groups in total. The van der Waals surface area contributed by atoms with Crippen molar-refractivity contribution >= 4 is 17.5 Å². The molecule has 0 bridgehead atoms. The van der Waals surface area contributed by atoms with Crippen LogP contribution < -0.4 is 10.6 Å². The lowest BCUT2D eigenvalue weighted by atomic mass is 10.0. The van der Waals surface area contributed by atoms with Crippen molar-refractivity contribution in [3.63, 3.8) is 0 Å². The Balaban J connectivity index is 2.58. The van der Waals surface area contributed by atoms with Crippen molar-refractivity contribution in [1.29, 1.82) is 0 Å². The monoisotopic (exact) mass is 264 g/mol. The average molecular weight is 264 g/mol. The number of rotatable bonds is 6. The number of nitrogens with one attached hydrogen (secondary N) is 2. The Hall–Kier alpha value is -1.71. The van der Waals surface area contributed by atoms with Crippen LogP contribution in [0.25, 0.3) is 0 Å². The lowest BCUT2D eigenvalue weighted by molar-refractivity contribution is 0.168. The van der Waals surface area contributed by atoms with Crippen molar-refractivity contribution in [1.82, 2.24) is 0 Å². The van der Waals surface area contributed by atoms with E-state index in [-0.39, 0.29) is 0 Å². The molecule has 0 saturated carbocycles. The number of hydrogen-bond acceptors (Lipinski definition) is 3. The first-order valence-corrected chi connectivity index (χ1v) is 6.87. The first-order valence-electron chi connectivity index (χ1n) is 6.87. The van der Waals surface area contributed by atoms with Gasteiger partial charge in [0.05, 0.1) is 6.61 Å². The van der Waals surface area contributed by atoms with Gasteiger partial charge in [-0.25, -0.2) is 4.79 Å². The molecule has 0 aliphatic rings. The van der Waals surface area contributed by atoms with Crippen LogP contribution in [0.3, 0.4) is 0 Å². The fraction of sp³-hybridized carbons (Fsp3) is 0.533. The van der Waals surface area contributed by atoms with E-state index in [0.29, 0.717) is 18.6 Å². The van der Waals surface area contributed by atoms with Crippen LogP contribution in [0.5, 0.6) is 0 Å². The van der Waals surface area contributed by atoms with Gasteiger partial charge >= 0.3 is 6.09 Å². The number of carbonyl (C=O) groups is 1. The maximum atomic E-state index is 11.3. The molecule has 19 heavy (non-hydrogen) atoms. The Morgan fingerprint density at radius 1 is 1.16 bits per heavy atom. The molecule has 4 heteroatoms. The largest absolute Gasteiger partial charge is 0.450 e. The second-order valence-electron chi connectivity index (χ2n) is 4.83. The zero-order valence-electron chi connectivity index (χ0n) is 12.2. The Labute approximate surface area is 115 Å². The third-order valence-electron chi connectivity index (χ3n) is 3.00. The van der Waals surface area contributed by atoms with Gasteiger partial charge in [-0.15, -0.1) is 0 Å². The number of carbonyl (C=O) groups excluding carboxylic acids is 1. The Bertz CT molecular complexity index is 388. The van der Waals surface area contributed by atoms with Gasteiger partial charge in [-0.1, -0.05) is 20.8 Å². The third-order valence-corrected chi connectivity index (χ3v) is 3.00. The zero-order chi connectivity index (χ0) is 14.3. The summed E-state index contributed by atoms with van der Waals surface area (Å²) in [6, 6.07) is 8.13. The number of hydrogen-bond donors (Lipinski definition) is 2. The minimum Gasteiger partial charge on any atom is -0.450 e. The maximum absolute atomic E-state index is 11.3. The predicted molar refractivity (Wildman–Crippen MR) is 79.6 cm³/mol. The van der Waals surface area contributed by atoms with Crippen molar-refractivity contribution in [3.8, 4) is 0 Å². The van der Waals surface area contributed by atoms with Gasteiger partial charge in [0.1, 0.15) is 0 Å². The number of amides is 1. The molecule has 1 atom stereocenters. The second-order valence-corrected chi connectivity index (χ2v) is 4.83. The molecular formula is C15H24N2O2. The summed E-state index contributed by atoms with van der Waals surface area (Å²) in [6.45, 7) is 8.74. The van der Waals surface area contributed by atoms with Crippen molar-refractivity contribution in [2.75, 3.05) is 17.2 Å². The minimum absolute atomic E-state index is 0.373. The Kier molecular flexibility index (Phi) is 6.19. The molecule has 0 aliphatic carbocycles. The molecule has 4 nitrogen and oxygen atoms in total. The van der Waals surface area contributed by atoms with Gasteiger partial charge < -0.3 is 10.1 Å². The Morgan fingerprint density at radius 3 is 2.21 bits per heavy atom. The van der Waals surface area contributed by atoms with Crippen LogP contribution in [0.4, 0.5) is 16.2 Å². The van der Waals surface area contributed by atoms with Crippen LogP contribution in [0.1, 0.15) is 34.1 Å². The maximum Gasteiger partial charge on any atom is 0.411 e. The predicted octanol–water partition coefficient (Wildman–Crippen LogP) is 4.10. The van der Waals surface area contributed by atoms with Crippen molar-refractivity contribution in [3.05, 3.63) is 24.3 Å². The van der Waals surface area contributed by atoms with Crippen LogP contribution in [0.2, 0.25) is 0 Å². The third kappa shape index (κ3) is 5.20. The van der Waals surface area contributed by atoms with Gasteiger partial charge in [0.2, 0.25) is 0 Å². The van der Waals surface area contributed by atoms with E-state index >= 15 is 0 Å². The molecule has 1 amide bonds.